The Labute approximate surface area is 171 Å². The zero-order valence-electron chi connectivity index (χ0n) is 15.7. The molecule has 8 nitrogen and oxygen atoms in total. The lowest BCUT2D eigenvalue weighted by Crippen LogP contribution is -2.52. The molecule has 0 spiro atoms. The molecule has 2 fully saturated rings. The van der Waals surface area contributed by atoms with Crippen molar-refractivity contribution in [1.82, 2.24) is 20.5 Å². The smallest absolute Gasteiger partial charge is 0.255 e. The molecule has 1 atom stereocenters. The number of hydrogen-bond donors (Lipinski definition) is 3. The van der Waals surface area contributed by atoms with Crippen molar-refractivity contribution in [2.24, 2.45) is 0 Å². The van der Waals surface area contributed by atoms with Crippen LogP contribution in [-0.4, -0.2) is 46.7 Å². The predicted octanol–water partition coefficient (Wildman–Crippen LogP) is 1.20. The van der Waals surface area contributed by atoms with Gasteiger partial charge < -0.3 is 15.5 Å². The van der Waals surface area contributed by atoms with E-state index < -0.39 is 6.04 Å². The molecule has 0 aliphatic carbocycles. The van der Waals surface area contributed by atoms with Gasteiger partial charge >= 0.3 is 0 Å². The molecule has 3 amide bonds. The maximum Gasteiger partial charge on any atom is 0.255 e. The summed E-state index contributed by atoms with van der Waals surface area (Å²) in [6.07, 6.45) is 0.629. The molecule has 4 heterocycles. The van der Waals surface area contributed by atoms with Gasteiger partial charge in [0.15, 0.2) is 5.13 Å². The summed E-state index contributed by atoms with van der Waals surface area (Å²) >= 11 is 1.57. The number of aromatic nitrogens is 1. The average Bonchev–Trinajstić information content (AvgIpc) is 3.24. The van der Waals surface area contributed by atoms with E-state index in [1.807, 2.05) is 18.2 Å². The van der Waals surface area contributed by atoms with Gasteiger partial charge in [0.2, 0.25) is 11.8 Å². The van der Waals surface area contributed by atoms with Crippen LogP contribution in [-0.2, 0) is 22.7 Å². The summed E-state index contributed by atoms with van der Waals surface area (Å²) in [4.78, 5) is 43.0. The maximum atomic E-state index is 13.1. The summed E-state index contributed by atoms with van der Waals surface area (Å²) in [5, 5.41) is 11.9. The number of nitrogens with zero attached hydrogens (tertiary/aromatic N) is 2. The Kier molecular flexibility index (Phi) is 4.56. The van der Waals surface area contributed by atoms with Crippen LogP contribution < -0.4 is 16.0 Å². The van der Waals surface area contributed by atoms with Crippen LogP contribution >= 0.6 is 11.3 Å². The molecule has 150 valence electrons. The van der Waals surface area contributed by atoms with E-state index in [4.69, 9.17) is 0 Å². The molecule has 3 aliphatic heterocycles. The molecule has 29 heavy (non-hydrogen) atoms. The second-order valence-electron chi connectivity index (χ2n) is 7.64. The SMILES string of the molecule is O=C1CCC(N2Cc3cccc(CNc4nc(C5CNC5)cs4)c3C2=O)C(=O)N1. The van der Waals surface area contributed by atoms with Crippen molar-refractivity contribution in [2.45, 2.75) is 37.9 Å². The number of hydrogen-bond acceptors (Lipinski definition) is 7. The highest BCUT2D eigenvalue weighted by Gasteiger charge is 2.39. The third kappa shape index (κ3) is 3.30. The Morgan fingerprint density at radius 3 is 2.86 bits per heavy atom. The van der Waals surface area contributed by atoms with Gasteiger partial charge in [-0.2, -0.15) is 0 Å². The molecule has 9 heteroatoms. The first-order chi connectivity index (χ1) is 14.1. The first-order valence-corrected chi connectivity index (χ1v) is 10.6. The van der Waals surface area contributed by atoms with Crippen LogP contribution in [0.15, 0.2) is 23.6 Å². The van der Waals surface area contributed by atoms with E-state index in [-0.39, 0.29) is 24.1 Å². The summed E-state index contributed by atoms with van der Waals surface area (Å²) in [5.41, 5.74) is 3.57. The topological polar surface area (TPSA) is 103 Å². The van der Waals surface area contributed by atoms with Crippen LogP contribution in [0.5, 0.6) is 0 Å². The normalized spacial score (nSPS) is 21.7. The lowest BCUT2D eigenvalue weighted by Gasteiger charge is -2.29. The fourth-order valence-corrected chi connectivity index (χ4v) is 4.85. The number of carbonyl (C=O) groups excluding carboxylic acids is 3. The van der Waals surface area contributed by atoms with Crippen LogP contribution in [0.2, 0.25) is 0 Å². The van der Waals surface area contributed by atoms with E-state index in [0.29, 0.717) is 31.0 Å². The number of imide groups is 1. The predicted molar refractivity (Wildman–Crippen MR) is 108 cm³/mol. The van der Waals surface area contributed by atoms with E-state index in [1.165, 1.54) is 0 Å². The van der Waals surface area contributed by atoms with Crippen molar-refractivity contribution in [1.29, 1.82) is 0 Å². The molecule has 3 aliphatic rings. The van der Waals surface area contributed by atoms with E-state index in [9.17, 15) is 14.4 Å². The van der Waals surface area contributed by atoms with E-state index in [0.717, 1.165) is 35.0 Å². The van der Waals surface area contributed by atoms with Gasteiger partial charge in [0.25, 0.3) is 5.91 Å². The standard InChI is InChI=1S/C20H21N5O3S/c26-16-5-4-15(18(27)24-16)25-9-12-3-1-2-11(17(12)19(25)28)8-22-20-23-14(10-29-20)13-6-21-7-13/h1-3,10,13,15,21H,4-9H2,(H,22,23)(H,24,26,27). The minimum absolute atomic E-state index is 0.146. The molecular weight excluding hydrogens is 390 g/mol. The van der Waals surface area contributed by atoms with E-state index >= 15 is 0 Å². The van der Waals surface area contributed by atoms with Gasteiger partial charge in [-0.05, 0) is 17.5 Å². The molecule has 0 radical (unpaired) electrons. The number of thiazole rings is 1. The number of anilines is 1. The van der Waals surface area contributed by atoms with E-state index in [2.05, 4.69) is 26.3 Å². The molecule has 3 N–H and O–H groups in total. The molecule has 1 aromatic heterocycles. The van der Waals surface area contributed by atoms with Crippen molar-refractivity contribution in [3.63, 3.8) is 0 Å². The highest BCUT2D eigenvalue weighted by molar-refractivity contribution is 7.13. The van der Waals surface area contributed by atoms with Gasteiger partial charge in [0.1, 0.15) is 6.04 Å². The average molecular weight is 411 g/mol. The largest absolute Gasteiger partial charge is 0.357 e. The van der Waals surface area contributed by atoms with Crippen molar-refractivity contribution in [3.8, 4) is 0 Å². The van der Waals surface area contributed by atoms with Crippen LogP contribution in [0, 0.1) is 0 Å². The Morgan fingerprint density at radius 2 is 2.10 bits per heavy atom. The van der Waals surface area contributed by atoms with Gasteiger partial charge in [-0.15, -0.1) is 11.3 Å². The van der Waals surface area contributed by atoms with Crippen LogP contribution in [0.4, 0.5) is 5.13 Å². The van der Waals surface area contributed by atoms with E-state index in [1.54, 1.807) is 16.2 Å². The first-order valence-electron chi connectivity index (χ1n) is 9.75. The number of benzene rings is 1. The van der Waals surface area contributed by atoms with Crippen LogP contribution in [0.25, 0.3) is 0 Å². The lowest BCUT2D eigenvalue weighted by molar-refractivity contribution is -0.136. The third-order valence-corrected chi connectivity index (χ3v) is 6.61. The van der Waals surface area contributed by atoms with Gasteiger partial charge in [-0.25, -0.2) is 4.98 Å². The molecule has 2 aromatic rings. The lowest BCUT2D eigenvalue weighted by atomic mass is 10.0. The van der Waals surface area contributed by atoms with Crippen molar-refractivity contribution in [2.75, 3.05) is 18.4 Å². The number of rotatable bonds is 5. The van der Waals surface area contributed by atoms with Crippen molar-refractivity contribution in [3.05, 3.63) is 46.0 Å². The fraction of sp³-hybridized carbons (Fsp3) is 0.400. The quantitative estimate of drug-likeness (QED) is 0.639. The second-order valence-corrected chi connectivity index (χ2v) is 8.50. The van der Waals surface area contributed by atoms with Crippen LogP contribution in [0.3, 0.4) is 0 Å². The Balaban J connectivity index is 1.31. The van der Waals surface area contributed by atoms with Gasteiger partial charge in [-0.1, -0.05) is 18.2 Å². The Hall–Kier alpha value is -2.78. The van der Waals surface area contributed by atoms with Crippen molar-refractivity contribution >= 4 is 34.2 Å². The summed E-state index contributed by atoms with van der Waals surface area (Å²) in [6, 6.07) is 5.20. The molecule has 0 saturated carbocycles. The second kappa shape index (κ2) is 7.23. The molecule has 1 aromatic carbocycles. The number of amides is 3. The summed E-state index contributed by atoms with van der Waals surface area (Å²) in [5.74, 6) is -0.317. The number of nitrogens with one attached hydrogen (secondary N) is 3. The Morgan fingerprint density at radius 1 is 1.24 bits per heavy atom. The van der Waals surface area contributed by atoms with Gasteiger partial charge in [0, 0.05) is 49.5 Å². The zero-order chi connectivity index (χ0) is 20.0. The Bertz CT molecular complexity index is 1000. The highest BCUT2D eigenvalue weighted by atomic mass is 32.1. The fourth-order valence-electron chi connectivity index (χ4n) is 4.06. The zero-order valence-corrected chi connectivity index (χ0v) is 16.6. The monoisotopic (exact) mass is 411 g/mol. The van der Waals surface area contributed by atoms with Crippen molar-refractivity contribution < 1.29 is 14.4 Å². The number of fused-ring (bicyclic) bond motifs is 1. The number of carbonyl (C=O) groups is 3. The molecule has 0 bridgehead atoms. The minimum Gasteiger partial charge on any atom is -0.357 e. The molecule has 1 unspecified atom stereocenters. The minimum atomic E-state index is -0.592. The molecule has 2 saturated heterocycles. The van der Waals surface area contributed by atoms with Gasteiger partial charge in [-0.3, -0.25) is 19.7 Å². The van der Waals surface area contributed by atoms with Gasteiger partial charge in [0.05, 0.1) is 5.69 Å². The summed E-state index contributed by atoms with van der Waals surface area (Å²) < 4.78 is 0. The summed E-state index contributed by atoms with van der Waals surface area (Å²) in [7, 11) is 0. The summed E-state index contributed by atoms with van der Waals surface area (Å²) in [6.45, 7) is 2.83. The molecular formula is C20H21N5O3S. The van der Waals surface area contributed by atoms with Crippen LogP contribution in [0.1, 0.15) is 45.9 Å². The number of piperidine rings is 1. The highest BCUT2D eigenvalue weighted by Crippen LogP contribution is 2.31. The maximum absolute atomic E-state index is 13.1. The third-order valence-electron chi connectivity index (χ3n) is 5.79. The molecule has 5 rings (SSSR count). The first kappa shape index (κ1) is 18.3.